The summed E-state index contributed by atoms with van der Waals surface area (Å²) in [7, 11) is 0. The lowest BCUT2D eigenvalue weighted by atomic mass is 10.3. The van der Waals surface area contributed by atoms with Gasteiger partial charge in [-0.2, -0.15) is 0 Å². The Kier molecular flexibility index (Phi) is 3.91. The monoisotopic (exact) mass is 270 g/mol. The highest BCUT2D eigenvalue weighted by Gasteiger charge is 2.37. The second kappa shape index (κ2) is 5.61. The van der Waals surface area contributed by atoms with Crippen LogP contribution in [0, 0.1) is 5.82 Å². The maximum absolute atomic E-state index is 12.8. The lowest BCUT2D eigenvalue weighted by Gasteiger charge is -2.16. The molecule has 8 heteroatoms. The number of carboxylic acid groups (broad SMARTS) is 1. The van der Waals surface area contributed by atoms with Crippen LogP contribution in [0.4, 0.5) is 9.18 Å². The summed E-state index contributed by atoms with van der Waals surface area (Å²) in [5.74, 6) is -1.15. The number of hydrogen-bond acceptors (Lipinski definition) is 5. The Bertz CT molecular complexity index is 496. The Morgan fingerprint density at radius 2 is 2.42 bits per heavy atom. The van der Waals surface area contributed by atoms with E-state index in [2.05, 4.69) is 9.72 Å². The van der Waals surface area contributed by atoms with Crippen molar-refractivity contribution >= 4 is 12.1 Å². The minimum absolute atomic E-state index is 0.0298. The molecule has 0 aliphatic carbocycles. The highest BCUT2D eigenvalue weighted by molar-refractivity contribution is 5.83. The Hall–Kier alpha value is -2.22. The number of ether oxygens (including phenoxy) is 2. The van der Waals surface area contributed by atoms with Crippen LogP contribution in [0.3, 0.4) is 0 Å². The van der Waals surface area contributed by atoms with Crippen molar-refractivity contribution in [3.8, 4) is 0 Å². The normalized spacial score (nSPS) is 18.5. The molecule has 0 bridgehead atoms. The summed E-state index contributed by atoms with van der Waals surface area (Å²) >= 11 is 0. The minimum atomic E-state index is -1.26. The van der Waals surface area contributed by atoms with E-state index in [0.717, 1.165) is 11.1 Å². The highest BCUT2D eigenvalue weighted by Crippen LogP contribution is 2.12. The van der Waals surface area contributed by atoms with E-state index in [4.69, 9.17) is 9.84 Å². The molecule has 1 amide bonds. The molecule has 0 aromatic carbocycles. The Morgan fingerprint density at radius 1 is 1.63 bits per heavy atom. The number of carbonyl (C=O) groups excluding carboxylic acids is 1. The largest absolute Gasteiger partial charge is 0.465 e. The minimum Gasteiger partial charge on any atom is -0.465 e. The summed E-state index contributed by atoms with van der Waals surface area (Å²) in [5.41, 5.74) is 0.494. The van der Waals surface area contributed by atoms with E-state index in [1.165, 1.54) is 12.3 Å². The lowest BCUT2D eigenvalue weighted by Crippen LogP contribution is -2.40. The first-order chi connectivity index (χ1) is 9.08. The molecule has 1 fully saturated rings. The van der Waals surface area contributed by atoms with Crippen molar-refractivity contribution in [2.24, 2.45) is 0 Å². The summed E-state index contributed by atoms with van der Waals surface area (Å²) in [6.07, 6.45) is 1.22. The van der Waals surface area contributed by atoms with Gasteiger partial charge >= 0.3 is 12.1 Å². The van der Waals surface area contributed by atoms with Gasteiger partial charge in [0.15, 0.2) is 12.8 Å². The zero-order valence-corrected chi connectivity index (χ0v) is 9.78. The molecule has 2 rings (SSSR count). The van der Waals surface area contributed by atoms with Crippen molar-refractivity contribution in [2.75, 3.05) is 13.3 Å². The van der Waals surface area contributed by atoms with Gasteiger partial charge in [-0.3, -0.25) is 9.88 Å². The molecule has 1 aromatic heterocycles. The molecule has 102 valence electrons. The molecule has 1 saturated heterocycles. The summed E-state index contributed by atoms with van der Waals surface area (Å²) in [6.45, 7) is -0.423. The van der Waals surface area contributed by atoms with Crippen LogP contribution in [-0.4, -0.2) is 46.4 Å². The number of rotatable bonds is 4. The molecular weight excluding hydrogens is 259 g/mol. The van der Waals surface area contributed by atoms with Crippen molar-refractivity contribution in [3.63, 3.8) is 0 Å². The van der Waals surface area contributed by atoms with E-state index in [0.29, 0.717) is 5.56 Å². The van der Waals surface area contributed by atoms with Gasteiger partial charge in [-0.25, -0.2) is 14.0 Å². The quantitative estimate of drug-likeness (QED) is 0.806. The van der Waals surface area contributed by atoms with Crippen LogP contribution in [-0.2, 0) is 20.9 Å². The SMILES string of the molecule is O=C1OCN(C(=O)O)C1COCc1cncc(F)c1. The number of amides is 1. The van der Waals surface area contributed by atoms with Gasteiger partial charge in [0.1, 0.15) is 5.82 Å². The zero-order chi connectivity index (χ0) is 13.8. The van der Waals surface area contributed by atoms with Crippen LogP contribution < -0.4 is 0 Å². The van der Waals surface area contributed by atoms with E-state index in [9.17, 15) is 14.0 Å². The number of aromatic nitrogens is 1. The smallest absolute Gasteiger partial charge is 0.410 e. The number of pyridine rings is 1. The first-order valence-electron chi connectivity index (χ1n) is 5.41. The number of halogens is 1. The van der Waals surface area contributed by atoms with Gasteiger partial charge in [0.25, 0.3) is 0 Å². The molecule has 1 N–H and O–H groups in total. The van der Waals surface area contributed by atoms with Crippen LogP contribution in [0.15, 0.2) is 18.5 Å². The van der Waals surface area contributed by atoms with Crippen LogP contribution >= 0.6 is 0 Å². The van der Waals surface area contributed by atoms with Crippen LogP contribution in [0.1, 0.15) is 5.56 Å². The number of carbonyl (C=O) groups is 2. The average molecular weight is 270 g/mol. The predicted octanol–water partition coefficient (Wildman–Crippen LogP) is 0.600. The van der Waals surface area contributed by atoms with E-state index >= 15 is 0 Å². The molecule has 1 aliphatic rings. The summed E-state index contributed by atoms with van der Waals surface area (Å²) < 4.78 is 22.7. The molecule has 1 aliphatic heterocycles. The van der Waals surface area contributed by atoms with E-state index < -0.39 is 23.9 Å². The van der Waals surface area contributed by atoms with Gasteiger partial charge in [-0.05, 0) is 11.6 Å². The third-order valence-electron chi connectivity index (χ3n) is 2.55. The third-order valence-corrected chi connectivity index (χ3v) is 2.55. The summed E-state index contributed by atoms with van der Waals surface area (Å²) in [4.78, 5) is 26.6. The maximum Gasteiger partial charge on any atom is 0.410 e. The van der Waals surface area contributed by atoms with Crippen LogP contribution in [0.25, 0.3) is 0 Å². The molecule has 0 spiro atoms. The number of esters is 1. The highest BCUT2D eigenvalue weighted by atomic mass is 19.1. The lowest BCUT2D eigenvalue weighted by molar-refractivity contribution is -0.140. The Labute approximate surface area is 107 Å². The summed E-state index contributed by atoms with van der Waals surface area (Å²) in [5, 5.41) is 8.83. The maximum atomic E-state index is 12.8. The van der Waals surface area contributed by atoms with Gasteiger partial charge in [0.05, 0.1) is 19.4 Å². The molecule has 0 saturated carbocycles. The van der Waals surface area contributed by atoms with Crippen molar-refractivity contribution in [1.29, 1.82) is 0 Å². The van der Waals surface area contributed by atoms with Crippen molar-refractivity contribution in [1.82, 2.24) is 9.88 Å². The van der Waals surface area contributed by atoms with Crippen LogP contribution in [0.2, 0.25) is 0 Å². The second-order valence-electron chi connectivity index (χ2n) is 3.89. The molecule has 1 aromatic rings. The Balaban J connectivity index is 1.88. The molecular formula is C11H11FN2O5. The van der Waals surface area contributed by atoms with Crippen LogP contribution in [0.5, 0.6) is 0 Å². The zero-order valence-electron chi connectivity index (χ0n) is 9.78. The molecule has 0 radical (unpaired) electrons. The Morgan fingerprint density at radius 3 is 3.11 bits per heavy atom. The van der Waals surface area contributed by atoms with E-state index in [-0.39, 0.29) is 19.9 Å². The number of hydrogen-bond donors (Lipinski definition) is 1. The fourth-order valence-electron chi connectivity index (χ4n) is 1.62. The van der Waals surface area contributed by atoms with Gasteiger partial charge in [0, 0.05) is 6.20 Å². The first-order valence-corrected chi connectivity index (χ1v) is 5.41. The summed E-state index contributed by atoms with van der Waals surface area (Å²) in [6, 6.07) is 0.258. The van der Waals surface area contributed by atoms with E-state index in [1.54, 1.807) is 0 Å². The predicted molar refractivity (Wildman–Crippen MR) is 58.5 cm³/mol. The van der Waals surface area contributed by atoms with Crippen molar-refractivity contribution in [3.05, 3.63) is 29.8 Å². The third kappa shape index (κ3) is 3.16. The molecule has 1 atom stereocenters. The van der Waals surface area contributed by atoms with E-state index in [1.807, 2.05) is 0 Å². The van der Waals surface area contributed by atoms with Gasteiger partial charge in [-0.1, -0.05) is 0 Å². The van der Waals surface area contributed by atoms with Gasteiger partial charge in [-0.15, -0.1) is 0 Å². The number of nitrogens with zero attached hydrogens (tertiary/aromatic N) is 2. The topological polar surface area (TPSA) is 89.0 Å². The number of cyclic esters (lactones) is 1. The fraction of sp³-hybridized carbons (Fsp3) is 0.364. The van der Waals surface area contributed by atoms with Crippen molar-refractivity contribution in [2.45, 2.75) is 12.6 Å². The molecule has 19 heavy (non-hydrogen) atoms. The molecule has 2 heterocycles. The molecule has 7 nitrogen and oxygen atoms in total. The fourth-order valence-corrected chi connectivity index (χ4v) is 1.62. The van der Waals surface area contributed by atoms with Gasteiger partial charge < -0.3 is 14.6 Å². The average Bonchev–Trinajstić information content (AvgIpc) is 2.71. The first kappa shape index (κ1) is 13.2. The molecule has 1 unspecified atom stereocenters. The second-order valence-corrected chi connectivity index (χ2v) is 3.89. The standard InChI is InChI=1S/C11H11FN2O5/c12-8-1-7(2-13-3-8)4-18-5-9-10(15)19-6-14(9)11(16)17/h1-3,9H,4-6H2,(H,16,17). The van der Waals surface area contributed by atoms with Crippen molar-refractivity contribution < 1.29 is 28.6 Å². The van der Waals surface area contributed by atoms with Gasteiger partial charge in [0.2, 0.25) is 0 Å².